The number of carbonyl (C=O) groups excluding carboxylic acids is 1. The van der Waals surface area contributed by atoms with Crippen molar-refractivity contribution < 1.29 is 18.0 Å². The summed E-state index contributed by atoms with van der Waals surface area (Å²) in [5.74, 6) is -0.656. The first-order valence-corrected chi connectivity index (χ1v) is 8.55. The van der Waals surface area contributed by atoms with Crippen LogP contribution in [0, 0.1) is 5.92 Å². The number of nitrogens with zero attached hydrogens (tertiary/aromatic N) is 2. The lowest BCUT2D eigenvalue weighted by atomic mass is 10.0. The van der Waals surface area contributed by atoms with Gasteiger partial charge in [-0.25, -0.2) is 0 Å². The van der Waals surface area contributed by atoms with Gasteiger partial charge in [-0.3, -0.25) is 4.79 Å². The van der Waals surface area contributed by atoms with E-state index in [1.165, 1.54) is 23.5 Å². The number of carbonyl (C=O) groups is 1. The fourth-order valence-electron chi connectivity index (χ4n) is 2.89. The van der Waals surface area contributed by atoms with Gasteiger partial charge in [0.15, 0.2) is 0 Å². The van der Waals surface area contributed by atoms with Crippen molar-refractivity contribution in [3.05, 3.63) is 40.4 Å². The van der Waals surface area contributed by atoms with Crippen molar-refractivity contribution in [3.63, 3.8) is 0 Å². The lowest BCUT2D eigenvalue weighted by Gasteiger charge is -2.12. The predicted octanol–water partition coefficient (Wildman–Crippen LogP) is 4.18. The summed E-state index contributed by atoms with van der Waals surface area (Å²) in [6, 6.07) is 5.46. The first-order valence-electron chi connectivity index (χ1n) is 7.74. The highest BCUT2D eigenvalue weighted by Crippen LogP contribution is 2.51. The van der Waals surface area contributed by atoms with Gasteiger partial charge in [0.1, 0.15) is 5.01 Å². The zero-order chi connectivity index (χ0) is 16.9. The van der Waals surface area contributed by atoms with Crippen molar-refractivity contribution in [2.75, 3.05) is 5.32 Å². The molecule has 1 heterocycles. The van der Waals surface area contributed by atoms with Crippen molar-refractivity contribution in [1.82, 2.24) is 10.2 Å². The Labute approximate surface area is 140 Å². The van der Waals surface area contributed by atoms with Crippen molar-refractivity contribution in [1.29, 1.82) is 0 Å². The van der Waals surface area contributed by atoms with Crippen LogP contribution in [0.1, 0.15) is 47.2 Å². The zero-order valence-electron chi connectivity index (χ0n) is 12.5. The first-order chi connectivity index (χ1) is 11.4. The molecule has 0 aliphatic heterocycles. The summed E-state index contributed by atoms with van der Waals surface area (Å²) in [5, 5.41) is 12.0. The van der Waals surface area contributed by atoms with Crippen LogP contribution in [-0.4, -0.2) is 16.1 Å². The van der Waals surface area contributed by atoms with Crippen LogP contribution >= 0.6 is 11.3 Å². The second kappa shape index (κ2) is 5.54. The molecule has 0 bridgehead atoms. The molecule has 1 aromatic carbocycles. The van der Waals surface area contributed by atoms with E-state index < -0.39 is 23.6 Å². The van der Waals surface area contributed by atoms with Crippen molar-refractivity contribution in [2.24, 2.45) is 5.92 Å². The molecule has 0 radical (unpaired) electrons. The normalized spacial score (nSPS) is 23.1. The molecule has 2 fully saturated rings. The number of aromatic nitrogens is 2. The molecule has 126 valence electrons. The van der Waals surface area contributed by atoms with Gasteiger partial charge in [-0.2, -0.15) is 13.2 Å². The van der Waals surface area contributed by atoms with Gasteiger partial charge in [-0.15, -0.1) is 10.2 Å². The maximum atomic E-state index is 13.1. The quantitative estimate of drug-likeness (QED) is 0.897. The molecule has 0 spiro atoms. The largest absolute Gasteiger partial charge is 0.416 e. The molecule has 2 aliphatic rings. The van der Waals surface area contributed by atoms with Crippen molar-refractivity contribution in [2.45, 2.75) is 37.3 Å². The monoisotopic (exact) mass is 353 g/mol. The number of alkyl halides is 3. The van der Waals surface area contributed by atoms with E-state index in [1.54, 1.807) is 6.07 Å². The summed E-state index contributed by atoms with van der Waals surface area (Å²) in [7, 11) is 0. The molecule has 1 N–H and O–H groups in total. The average Bonchev–Trinajstić information content (AvgIpc) is 3.45. The number of halogens is 3. The Morgan fingerprint density at radius 3 is 2.67 bits per heavy atom. The van der Waals surface area contributed by atoms with Gasteiger partial charge < -0.3 is 5.32 Å². The standard InChI is InChI=1S/C16H14F3N3OS/c17-16(18,19)12-4-2-1-3-9(12)10-7-11(10)13(23)20-15-22-21-14(24-15)8-5-6-8/h1-4,8,10-11H,5-7H2,(H,20,22,23)/t10-,11+/m1/s1. The highest BCUT2D eigenvalue weighted by atomic mass is 32.1. The Balaban J connectivity index is 1.45. The lowest BCUT2D eigenvalue weighted by Crippen LogP contribution is -2.15. The van der Waals surface area contributed by atoms with E-state index >= 15 is 0 Å². The number of hydrogen-bond donors (Lipinski definition) is 1. The van der Waals surface area contributed by atoms with Crippen LogP contribution in [0.25, 0.3) is 0 Å². The van der Waals surface area contributed by atoms with Gasteiger partial charge in [0.05, 0.1) is 5.56 Å². The summed E-state index contributed by atoms with van der Waals surface area (Å²) in [6.07, 6.45) is -1.78. The highest BCUT2D eigenvalue weighted by Gasteiger charge is 2.48. The van der Waals surface area contributed by atoms with Gasteiger partial charge >= 0.3 is 6.18 Å². The minimum atomic E-state index is -4.40. The summed E-state index contributed by atoms with van der Waals surface area (Å²) in [6.45, 7) is 0. The maximum absolute atomic E-state index is 13.1. The number of benzene rings is 1. The van der Waals surface area contributed by atoms with Crippen LogP contribution in [0.2, 0.25) is 0 Å². The lowest BCUT2D eigenvalue weighted by molar-refractivity contribution is -0.138. The van der Waals surface area contributed by atoms with Gasteiger partial charge in [0.25, 0.3) is 0 Å². The number of hydrogen-bond acceptors (Lipinski definition) is 4. The molecule has 1 amide bonds. The molecular formula is C16H14F3N3OS. The molecule has 1 aromatic heterocycles. The van der Waals surface area contributed by atoms with Gasteiger partial charge in [-0.1, -0.05) is 29.5 Å². The second-order valence-corrected chi connectivity index (χ2v) is 7.25. The maximum Gasteiger partial charge on any atom is 0.416 e. The Morgan fingerprint density at radius 1 is 1.21 bits per heavy atom. The number of amides is 1. The smallest absolute Gasteiger partial charge is 0.300 e. The van der Waals surface area contributed by atoms with E-state index in [1.807, 2.05) is 0 Å². The molecular weight excluding hydrogens is 339 g/mol. The fourth-order valence-corrected chi connectivity index (χ4v) is 3.80. The minimum absolute atomic E-state index is 0.195. The number of anilines is 1. The molecule has 0 saturated heterocycles. The van der Waals surface area contributed by atoms with Crippen LogP contribution in [0.3, 0.4) is 0 Å². The summed E-state index contributed by atoms with van der Waals surface area (Å²) in [4.78, 5) is 12.3. The molecule has 2 aliphatic carbocycles. The highest BCUT2D eigenvalue weighted by molar-refractivity contribution is 7.15. The third-order valence-electron chi connectivity index (χ3n) is 4.39. The molecule has 2 saturated carbocycles. The summed E-state index contributed by atoms with van der Waals surface area (Å²) in [5.41, 5.74) is -0.460. The van der Waals surface area contributed by atoms with Crippen LogP contribution in [0.5, 0.6) is 0 Å². The Hall–Kier alpha value is -1.96. The molecule has 0 unspecified atom stereocenters. The molecule has 2 aromatic rings. The Kier molecular flexibility index (Phi) is 3.59. The van der Waals surface area contributed by atoms with Crippen molar-refractivity contribution in [3.8, 4) is 0 Å². The van der Waals surface area contributed by atoms with E-state index in [-0.39, 0.29) is 11.5 Å². The van der Waals surface area contributed by atoms with E-state index in [9.17, 15) is 18.0 Å². The van der Waals surface area contributed by atoms with Gasteiger partial charge in [-0.05, 0) is 36.8 Å². The minimum Gasteiger partial charge on any atom is -0.300 e. The molecule has 4 nitrogen and oxygen atoms in total. The van der Waals surface area contributed by atoms with Gasteiger partial charge in [0.2, 0.25) is 11.0 Å². The molecule has 8 heteroatoms. The first kappa shape index (κ1) is 15.6. The average molecular weight is 353 g/mol. The number of rotatable bonds is 4. The summed E-state index contributed by atoms with van der Waals surface area (Å²) < 4.78 is 39.2. The topological polar surface area (TPSA) is 54.9 Å². The fraction of sp³-hybridized carbons (Fsp3) is 0.438. The Morgan fingerprint density at radius 2 is 1.96 bits per heavy atom. The molecule has 2 atom stereocenters. The van der Waals surface area contributed by atoms with Crippen LogP contribution < -0.4 is 5.32 Å². The van der Waals surface area contributed by atoms with Crippen LogP contribution in [-0.2, 0) is 11.0 Å². The molecule has 4 rings (SSSR count). The van der Waals surface area contributed by atoms with E-state index in [0.717, 1.165) is 23.9 Å². The van der Waals surface area contributed by atoms with Crippen molar-refractivity contribution >= 4 is 22.4 Å². The van der Waals surface area contributed by atoms with Gasteiger partial charge in [0, 0.05) is 11.8 Å². The third-order valence-corrected chi connectivity index (χ3v) is 5.39. The SMILES string of the molecule is O=C(Nc1nnc(C2CC2)s1)[C@H]1C[C@@H]1c1ccccc1C(F)(F)F. The zero-order valence-corrected chi connectivity index (χ0v) is 13.3. The van der Waals surface area contributed by atoms with E-state index in [4.69, 9.17) is 0 Å². The third kappa shape index (κ3) is 3.02. The Bertz CT molecular complexity index is 785. The molecule has 24 heavy (non-hydrogen) atoms. The predicted molar refractivity (Wildman–Crippen MR) is 82.8 cm³/mol. The van der Waals surface area contributed by atoms with Crippen LogP contribution in [0.4, 0.5) is 18.3 Å². The second-order valence-electron chi connectivity index (χ2n) is 6.24. The van der Waals surface area contributed by atoms with Crippen LogP contribution in [0.15, 0.2) is 24.3 Å². The summed E-state index contributed by atoms with van der Waals surface area (Å²) >= 11 is 1.35. The van der Waals surface area contributed by atoms with E-state index in [0.29, 0.717) is 17.5 Å². The van der Waals surface area contributed by atoms with E-state index in [2.05, 4.69) is 15.5 Å². The number of nitrogens with one attached hydrogen (secondary N) is 1.